The first-order chi connectivity index (χ1) is 14.8. The van der Waals surface area contributed by atoms with Crippen LogP contribution in [0.2, 0.25) is 0 Å². The van der Waals surface area contributed by atoms with Crippen molar-refractivity contribution in [1.29, 1.82) is 0 Å². The molecule has 0 rings (SSSR count). The van der Waals surface area contributed by atoms with Gasteiger partial charge < -0.3 is 19.6 Å². The zero-order chi connectivity index (χ0) is 23.2. The van der Waals surface area contributed by atoms with Crippen LogP contribution in [-0.2, 0) is 18.6 Å². The average Bonchev–Trinajstić information content (AvgIpc) is 2.72. The molecule has 0 aromatic heterocycles. The normalized spacial score (nSPS) is 13.8. The Kier molecular flexibility index (Phi) is 19.4. The second kappa shape index (κ2) is 20.4. The summed E-state index contributed by atoms with van der Waals surface area (Å²) in [6.45, 7) is 1.20. The Hall–Kier alpha value is -1.50. The number of phosphoric ester groups is 1. The van der Waals surface area contributed by atoms with Gasteiger partial charge in [-0.3, -0.25) is 9.32 Å². The molecule has 8 heteroatoms. The standard InChI is InChI=1S/C23H39O7P/c1-2-3-4-5-6-7-8-9-10-11-12-13-14-15-16-17-18-19-23(25)29-20-22(24)21-30-31(26,27)28/h3-4,6-7,9-10,12-13,22,24H,2,5,8,11,14-21H2,1H3,(H2,26,27,28)/b4-3-,7-6-,10-9-,13-12-. The maximum atomic E-state index is 11.6. The topological polar surface area (TPSA) is 113 Å². The monoisotopic (exact) mass is 458 g/mol. The predicted octanol–water partition coefficient (Wildman–Crippen LogP) is 5.15. The fourth-order valence-electron chi connectivity index (χ4n) is 2.48. The molecule has 0 aromatic rings. The smallest absolute Gasteiger partial charge is 0.463 e. The molecule has 3 N–H and O–H groups in total. The highest BCUT2D eigenvalue weighted by atomic mass is 31.2. The molecule has 0 saturated carbocycles. The minimum atomic E-state index is -4.63. The molecule has 0 spiro atoms. The minimum Gasteiger partial charge on any atom is -0.463 e. The van der Waals surface area contributed by atoms with Crippen LogP contribution in [0.1, 0.15) is 71.1 Å². The van der Waals surface area contributed by atoms with Crippen LogP contribution in [-0.4, -0.2) is 40.2 Å². The third kappa shape index (κ3) is 24.6. The van der Waals surface area contributed by atoms with Crippen LogP contribution in [0.5, 0.6) is 0 Å². The number of hydrogen-bond acceptors (Lipinski definition) is 5. The van der Waals surface area contributed by atoms with Crippen molar-refractivity contribution in [3.8, 4) is 0 Å². The quantitative estimate of drug-likeness (QED) is 0.106. The van der Waals surface area contributed by atoms with Gasteiger partial charge in [0.2, 0.25) is 0 Å². The van der Waals surface area contributed by atoms with Gasteiger partial charge in [0, 0.05) is 6.42 Å². The lowest BCUT2D eigenvalue weighted by Gasteiger charge is -2.12. The van der Waals surface area contributed by atoms with Crippen LogP contribution in [0.4, 0.5) is 0 Å². The number of ether oxygens (including phenoxy) is 1. The fraction of sp³-hybridized carbons (Fsp3) is 0.609. The van der Waals surface area contributed by atoms with Gasteiger partial charge in [0.15, 0.2) is 0 Å². The number of rotatable bonds is 19. The highest BCUT2D eigenvalue weighted by molar-refractivity contribution is 7.46. The van der Waals surface area contributed by atoms with Gasteiger partial charge in [0.1, 0.15) is 12.7 Å². The SMILES string of the molecule is CC/C=C\C/C=C\C/C=C\C/C=C\CCCCCCC(=O)OCC(O)COP(=O)(O)O. The molecule has 1 atom stereocenters. The zero-order valence-electron chi connectivity index (χ0n) is 18.6. The summed E-state index contributed by atoms with van der Waals surface area (Å²) in [6, 6.07) is 0. The summed E-state index contributed by atoms with van der Waals surface area (Å²) in [5.41, 5.74) is 0. The molecule has 0 radical (unpaired) electrons. The van der Waals surface area contributed by atoms with E-state index in [-0.39, 0.29) is 13.0 Å². The molecular formula is C23H39O7P. The summed E-state index contributed by atoms with van der Waals surface area (Å²) in [7, 11) is -4.63. The van der Waals surface area contributed by atoms with E-state index in [9.17, 15) is 14.5 Å². The number of esters is 1. The Bertz CT molecular complexity index is 605. The van der Waals surface area contributed by atoms with E-state index >= 15 is 0 Å². The number of hydrogen-bond donors (Lipinski definition) is 3. The summed E-state index contributed by atoms with van der Waals surface area (Å²) in [5.74, 6) is -0.436. The molecule has 1 unspecified atom stereocenters. The molecule has 0 heterocycles. The van der Waals surface area contributed by atoms with Gasteiger partial charge in [-0.15, -0.1) is 0 Å². The van der Waals surface area contributed by atoms with Crippen molar-refractivity contribution in [3.05, 3.63) is 48.6 Å². The third-order valence-corrected chi connectivity index (χ3v) is 4.58. The van der Waals surface area contributed by atoms with E-state index in [2.05, 4.69) is 60.1 Å². The van der Waals surface area contributed by atoms with E-state index in [0.717, 1.165) is 51.4 Å². The number of unbranched alkanes of at least 4 members (excludes halogenated alkanes) is 4. The number of aliphatic hydroxyl groups is 1. The maximum Gasteiger partial charge on any atom is 0.469 e. The molecule has 0 amide bonds. The molecule has 31 heavy (non-hydrogen) atoms. The van der Waals surface area contributed by atoms with Gasteiger partial charge in [0.05, 0.1) is 6.61 Å². The Morgan fingerprint density at radius 3 is 1.97 bits per heavy atom. The van der Waals surface area contributed by atoms with E-state index in [1.165, 1.54) is 0 Å². The minimum absolute atomic E-state index is 0.260. The average molecular weight is 459 g/mol. The third-order valence-electron chi connectivity index (χ3n) is 4.09. The van der Waals surface area contributed by atoms with Crippen LogP contribution in [0.3, 0.4) is 0 Å². The van der Waals surface area contributed by atoms with E-state index < -0.39 is 26.5 Å². The van der Waals surface area contributed by atoms with Crippen LogP contribution in [0.25, 0.3) is 0 Å². The molecule has 0 aliphatic carbocycles. The number of aliphatic hydroxyl groups excluding tert-OH is 1. The van der Waals surface area contributed by atoms with E-state index in [1.54, 1.807) is 0 Å². The summed E-state index contributed by atoms with van der Waals surface area (Å²) in [4.78, 5) is 28.6. The van der Waals surface area contributed by atoms with Crippen molar-refractivity contribution in [3.63, 3.8) is 0 Å². The van der Waals surface area contributed by atoms with E-state index in [4.69, 9.17) is 14.5 Å². The molecule has 0 aromatic carbocycles. The van der Waals surface area contributed by atoms with Crippen LogP contribution in [0, 0.1) is 0 Å². The summed E-state index contributed by atoms with van der Waals surface area (Å²) < 4.78 is 19.5. The number of allylic oxidation sites excluding steroid dienone is 8. The number of carbonyl (C=O) groups excluding carboxylic acids is 1. The second-order valence-corrected chi connectivity index (χ2v) is 8.32. The lowest BCUT2D eigenvalue weighted by Crippen LogP contribution is -2.23. The number of phosphoric acid groups is 1. The highest BCUT2D eigenvalue weighted by Crippen LogP contribution is 2.35. The van der Waals surface area contributed by atoms with Gasteiger partial charge in [-0.1, -0.05) is 68.4 Å². The number of carbonyl (C=O) groups is 1. The molecule has 0 fully saturated rings. The lowest BCUT2D eigenvalue weighted by atomic mass is 10.1. The van der Waals surface area contributed by atoms with Gasteiger partial charge in [-0.2, -0.15) is 0 Å². The van der Waals surface area contributed by atoms with Crippen LogP contribution >= 0.6 is 7.82 Å². The van der Waals surface area contributed by atoms with Crippen LogP contribution < -0.4 is 0 Å². The maximum absolute atomic E-state index is 11.6. The lowest BCUT2D eigenvalue weighted by molar-refractivity contribution is -0.147. The highest BCUT2D eigenvalue weighted by Gasteiger charge is 2.17. The van der Waals surface area contributed by atoms with Crippen molar-refractivity contribution in [2.24, 2.45) is 0 Å². The summed E-state index contributed by atoms with van der Waals surface area (Å²) in [5, 5.41) is 9.42. The van der Waals surface area contributed by atoms with Crippen LogP contribution in [0.15, 0.2) is 48.6 Å². The molecule has 0 aliphatic rings. The molecular weight excluding hydrogens is 419 g/mol. The first-order valence-electron chi connectivity index (χ1n) is 11.0. The van der Waals surface area contributed by atoms with Crippen molar-refractivity contribution >= 4 is 13.8 Å². The predicted molar refractivity (Wildman–Crippen MR) is 123 cm³/mol. The Balaban J connectivity index is 3.52. The molecule has 178 valence electrons. The van der Waals surface area contributed by atoms with E-state index in [1.807, 2.05) is 0 Å². The summed E-state index contributed by atoms with van der Waals surface area (Å²) in [6.07, 6.45) is 25.2. The molecule has 7 nitrogen and oxygen atoms in total. The van der Waals surface area contributed by atoms with Gasteiger partial charge in [0.25, 0.3) is 0 Å². The van der Waals surface area contributed by atoms with E-state index in [0.29, 0.717) is 6.42 Å². The summed E-state index contributed by atoms with van der Waals surface area (Å²) >= 11 is 0. The fourth-order valence-corrected chi connectivity index (χ4v) is 2.84. The molecule has 0 saturated heterocycles. The Morgan fingerprint density at radius 1 is 0.839 bits per heavy atom. The van der Waals surface area contributed by atoms with Crippen molar-refractivity contribution in [2.45, 2.75) is 77.2 Å². The Labute approximate surface area is 186 Å². The Morgan fingerprint density at radius 2 is 1.39 bits per heavy atom. The van der Waals surface area contributed by atoms with Crippen molar-refractivity contribution in [1.82, 2.24) is 0 Å². The molecule has 0 bridgehead atoms. The van der Waals surface area contributed by atoms with Gasteiger partial charge >= 0.3 is 13.8 Å². The van der Waals surface area contributed by atoms with Gasteiger partial charge in [-0.25, -0.2) is 4.57 Å². The van der Waals surface area contributed by atoms with Crippen molar-refractivity contribution < 1.29 is 33.5 Å². The van der Waals surface area contributed by atoms with Crippen molar-refractivity contribution in [2.75, 3.05) is 13.2 Å². The first-order valence-corrected chi connectivity index (χ1v) is 12.5. The molecule has 0 aliphatic heterocycles. The first kappa shape index (κ1) is 29.5. The largest absolute Gasteiger partial charge is 0.469 e. The zero-order valence-corrected chi connectivity index (χ0v) is 19.5. The van der Waals surface area contributed by atoms with Gasteiger partial charge in [-0.05, 0) is 44.9 Å². The second-order valence-electron chi connectivity index (χ2n) is 7.08.